The van der Waals surface area contributed by atoms with Gasteiger partial charge in [0.2, 0.25) is 0 Å². The molecule has 138 valence electrons. The number of aromatic nitrogens is 1. The number of Topliss-reactive ketones (excluding diaryl/α,β-unsaturated/α-hetero) is 1. The number of hydrogen-bond acceptors (Lipinski definition) is 3. The molecule has 0 spiro atoms. The molecule has 1 N–H and O–H groups in total. The standard InChI is InChI=1S/C21H26N2O3/c1-15(24)17-12-20(23(2)14-17)21(25)22-13-16-7-6-10-19(11-16)26-18-8-4-3-5-9-18/h6-7,10-12,14,18H,3-5,8-9,13H2,1-2H3,(H,22,25). The number of ketones is 1. The Balaban J connectivity index is 1.59. The molecule has 1 amide bonds. The summed E-state index contributed by atoms with van der Waals surface area (Å²) in [6.07, 6.45) is 7.99. The number of aryl methyl sites for hydroxylation is 1. The van der Waals surface area contributed by atoms with Crippen LogP contribution in [0, 0.1) is 0 Å². The highest BCUT2D eigenvalue weighted by Crippen LogP contribution is 2.24. The summed E-state index contributed by atoms with van der Waals surface area (Å²) in [4.78, 5) is 23.9. The van der Waals surface area contributed by atoms with E-state index in [1.54, 1.807) is 23.9 Å². The molecule has 1 aliphatic carbocycles. The van der Waals surface area contributed by atoms with Crippen molar-refractivity contribution < 1.29 is 14.3 Å². The van der Waals surface area contributed by atoms with Crippen LogP contribution < -0.4 is 10.1 Å². The van der Waals surface area contributed by atoms with Gasteiger partial charge in [0.1, 0.15) is 11.4 Å². The molecule has 0 aliphatic heterocycles. The number of nitrogens with one attached hydrogen (secondary N) is 1. The maximum Gasteiger partial charge on any atom is 0.268 e. The molecule has 0 unspecified atom stereocenters. The van der Waals surface area contributed by atoms with Crippen LogP contribution in [0.25, 0.3) is 0 Å². The average Bonchev–Trinajstić information content (AvgIpc) is 3.03. The molecular weight excluding hydrogens is 328 g/mol. The molecule has 26 heavy (non-hydrogen) atoms. The van der Waals surface area contributed by atoms with E-state index in [2.05, 4.69) is 5.32 Å². The van der Waals surface area contributed by atoms with Gasteiger partial charge in [-0.1, -0.05) is 18.6 Å². The molecule has 1 heterocycles. The number of carbonyl (C=O) groups excluding carboxylic acids is 2. The van der Waals surface area contributed by atoms with Gasteiger partial charge in [-0.3, -0.25) is 9.59 Å². The van der Waals surface area contributed by atoms with Crippen LogP contribution in [0.2, 0.25) is 0 Å². The van der Waals surface area contributed by atoms with Gasteiger partial charge in [-0.05, 0) is 56.4 Å². The molecule has 0 atom stereocenters. The van der Waals surface area contributed by atoms with Crippen molar-refractivity contribution in [1.82, 2.24) is 9.88 Å². The molecule has 1 saturated carbocycles. The van der Waals surface area contributed by atoms with Gasteiger partial charge < -0.3 is 14.6 Å². The molecule has 1 aromatic heterocycles. The maximum absolute atomic E-state index is 12.4. The van der Waals surface area contributed by atoms with Crippen molar-refractivity contribution in [3.8, 4) is 5.75 Å². The first kappa shape index (κ1) is 18.2. The third-order valence-electron chi connectivity index (χ3n) is 4.85. The summed E-state index contributed by atoms with van der Waals surface area (Å²) in [6, 6.07) is 9.51. The predicted octanol–water partition coefficient (Wildman–Crippen LogP) is 3.87. The van der Waals surface area contributed by atoms with Crippen molar-refractivity contribution in [3.63, 3.8) is 0 Å². The fourth-order valence-corrected chi connectivity index (χ4v) is 3.36. The van der Waals surface area contributed by atoms with Crippen LogP contribution in [0.1, 0.15) is 65.4 Å². The zero-order valence-corrected chi connectivity index (χ0v) is 15.5. The van der Waals surface area contributed by atoms with Crippen molar-refractivity contribution in [2.45, 2.75) is 51.7 Å². The van der Waals surface area contributed by atoms with Gasteiger partial charge in [0.25, 0.3) is 5.91 Å². The van der Waals surface area contributed by atoms with Crippen molar-refractivity contribution in [1.29, 1.82) is 0 Å². The van der Waals surface area contributed by atoms with Crippen LogP contribution in [0.5, 0.6) is 5.75 Å². The topological polar surface area (TPSA) is 60.3 Å². The van der Waals surface area contributed by atoms with Crippen molar-refractivity contribution in [3.05, 3.63) is 53.3 Å². The minimum atomic E-state index is -0.196. The summed E-state index contributed by atoms with van der Waals surface area (Å²) in [5, 5.41) is 2.91. The van der Waals surface area contributed by atoms with Crippen LogP contribution in [-0.2, 0) is 13.6 Å². The van der Waals surface area contributed by atoms with Crippen molar-refractivity contribution >= 4 is 11.7 Å². The summed E-state index contributed by atoms with van der Waals surface area (Å²) in [5.41, 5.74) is 2.01. The largest absolute Gasteiger partial charge is 0.490 e. The zero-order valence-electron chi connectivity index (χ0n) is 15.5. The van der Waals surface area contributed by atoms with Gasteiger partial charge in [0.15, 0.2) is 5.78 Å². The lowest BCUT2D eigenvalue weighted by Gasteiger charge is -2.23. The molecule has 5 nitrogen and oxygen atoms in total. The first-order valence-electron chi connectivity index (χ1n) is 9.24. The van der Waals surface area contributed by atoms with Crippen LogP contribution in [0.15, 0.2) is 36.5 Å². The van der Waals surface area contributed by atoms with Gasteiger partial charge in [-0.25, -0.2) is 0 Å². The number of ether oxygens (including phenoxy) is 1. The Hall–Kier alpha value is -2.56. The highest BCUT2D eigenvalue weighted by Gasteiger charge is 2.16. The summed E-state index contributed by atoms with van der Waals surface area (Å²) in [5.74, 6) is 0.618. The lowest BCUT2D eigenvalue weighted by Crippen LogP contribution is -2.25. The van der Waals surface area contributed by atoms with E-state index < -0.39 is 0 Å². The van der Waals surface area contributed by atoms with Gasteiger partial charge in [-0.15, -0.1) is 0 Å². The van der Waals surface area contributed by atoms with E-state index in [0.717, 1.165) is 24.2 Å². The van der Waals surface area contributed by atoms with E-state index in [1.807, 2.05) is 24.3 Å². The van der Waals surface area contributed by atoms with Gasteiger partial charge >= 0.3 is 0 Å². The number of carbonyl (C=O) groups is 2. The molecule has 1 aliphatic rings. The van der Waals surface area contributed by atoms with Crippen LogP contribution in [0.4, 0.5) is 0 Å². The first-order chi connectivity index (χ1) is 12.5. The maximum atomic E-state index is 12.4. The minimum absolute atomic E-state index is 0.0489. The number of benzene rings is 1. The molecule has 0 radical (unpaired) electrons. The molecule has 5 heteroatoms. The Morgan fingerprint density at radius 2 is 1.96 bits per heavy atom. The third-order valence-corrected chi connectivity index (χ3v) is 4.85. The molecule has 2 aromatic rings. The van der Waals surface area contributed by atoms with Gasteiger partial charge in [0, 0.05) is 25.4 Å². The molecule has 1 aromatic carbocycles. The van der Waals surface area contributed by atoms with Crippen LogP contribution in [-0.4, -0.2) is 22.4 Å². The van der Waals surface area contributed by atoms with E-state index in [9.17, 15) is 9.59 Å². The monoisotopic (exact) mass is 354 g/mol. The summed E-state index contributed by atoms with van der Waals surface area (Å²) in [6.45, 7) is 1.91. The zero-order chi connectivity index (χ0) is 18.5. The van der Waals surface area contributed by atoms with E-state index in [-0.39, 0.29) is 11.7 Å². The van der Waals surface area contributed by atoms with Crippen LogP contribution in [0.3, 0.4) is 0 Å². The first-order valence-corrected chi connectivity index (χ1v) is 9.24. The fraction of sp³-hybridized carbons (Fsp3) is 0.429. The summed E-state index contributed by atoms with van der Waals surface area (Å²) >= 11 is 0. The second-order valence-electron chi connectivity index (χ2n) is 6.99. The third kappa shape index (κ3) is 4.54. The second kappa shape index (κ2) is 8.21. The number of amides is 1. The average molecular weight is 354 g/mol. The molecule has 1 fully saturated rings. The lowest BCUT2D eigenvalue weighted by atomic mass is 9.98. The quantitative estimate of drug-likeness (QED) is 0.801. The minimum Gasteiger partial charge on any atom is -0.490 e. The van der Waals surface area contributed by atoms with Crippen molar-refractivity contribution in [2.24, 2.45) is 7.05 Å². The van der Waals surface area contributed by atoms with E-state index in [4.69, 9.17) is 4.74 Å². The molecule has 0 bridgehead atoms. The second-order valence-corrected chi connectivity index (χ2v) is 6.99. The number of rotatable bonds is 6. The Morgan fingerprint density at radius 3 is 2.65 bits per heavy atom. The highest BCUT2D eigenvalue weighted by atomic mass is 16.5. The van der Waals surface area contributed by atoms with E-state index >= 15 is 0 Å². The summed E-state index contributed by atoms with van der Waals surface area (Å²) in [7, 11) is 1.76. The predicted molar refractivity (Wildman–Crippen MR) is 101 cm³/mol. The lowest BCUT2D eigenvalue weighted by molar-refractivity contribution is 0.0942. The summed E-state index contributed by atoms with van der Waals surface area (Å²) < 4.78 is 7.76. The fourth-order valence-electron chi connectivity index (χ4n) is 3.36. The SMILES string of the molecule is CC(=O)c1cc(C(=O)NCc2cccc(OC3CCCCC3)c2)n(C)c1. The normalized spacial score (nSPS) is 14.8. The van der Waals surface area contributed by atoms with Crippen molar-refractivity contribution in [2.75, 3.05) is 0 Å². The Bertz CT molecular complexity index is 788. The Labute approximate surface area is 154 Å². The smallest absolute Gasteiger partial charge is 0.268 e. The molecule has 0 saturated heterocycles. The number of hydrogen-bond donors (Lipinski definition) is 1. The molecular formula is C21H26N2O3. The highest BCUT2D eigenvalue weighted by molar-refractivity contribution is 5.99. The van der Waals surface area contributed by atoms with Crippen LogP contribution >= 0.6 is 0 Å². The number of nitrogens with zero attached hydrogens (tertiary/aromatic N) is 1. The Kier molecular flexibility index (Phi) is 5.76. The van der Waals surface area contributed by atoms with Gasteiger partial charge in [0.05, 0.1) is 6.10 Å². The van der Waals surface area contributed by atoms with E-state index in [1.165, 1.54) is 26.2 Å². The van der Waals surface area contributed by atoms with E-state index in [0.29, 0.717) is 23.9 Å². The Morgan fingerprint density at radius 1 is 1.19 bits per heavy atom. The van der Waals surface area contributed by atoms with Gasteiger partial charge in [-0.2, -0.15) is 0 Å². The molecule has 3 rings (SSSR count).